The van der Waals surface area contributed by atoms with Gasteiger partial charge < -0.3 is 9.88 Å². The fourth-order valence-corrected chi connectivity index (χ4v) is 3.71. The maximum atomic E-state index is 12.1. The van der Waals surface area contributed by atoms with Gasteiger partial charge in [-0.05, 0) is 62.4 Å². The Bertz CT molecular complexity index is 959. The van der Waals surface area contributed by atoms with Crippen molar-refractivity contribution in [3.63, 3.8) is 0 Å². The number of aryl methyl sites for hydroxylation is 3. The van der Waals surface area contributed by atoms with Crippen LogP contribution in [-0.4, -0.2) is 15.5 Å². The van der Waals surface area contributed by atoms with Crippen LogP contribution in [0.25, 0.3) is 11.0 Å². The fourth-order valence-electron chi connectivity index (χ4n) is 3.71. The van der Waals surface area contributed by atoms with Gasteiger partial charge in [0.05, 0.1) is 17.6 Å². The lowest BCUT2D eigenvalue weighted by Crippen LogP contribution is -2.26. The van der Waals surface area contributed by atoms with Crippen LogP contribution in [0.3, 0.4) is 0 Å². The van der Waals surface area contributed by atoms with E-state index >= 15 is 0 Å². The van der Waals surface area contributed by atoms with Crippen molar-refractivity contribution >= 4 is 16.9 Å². The van der Waals surface area contributed by atoms with Crippen LogP contribution in [0, 0.1) is 26.7 Å². The molecule has 0 radical (unpaired) electrons. The second-order valence-electron chi connectivity index (χ2n) is 7.47. The van der Waals surface area contributed by atoms with Crippen molar-refractivity contribution in [2.45, 2.75) is 46.7 Å². The Labute approximate surface area is 154 Å². The Morgan fingerprint density at radius 1 is 1.15 bits per heavy atom. The molecule has 3 aromatic rings. The number of hydrogen-bond acceptors (Lipinski definition) is 2. The van der Waals surface area contributed by atoms with Crippen molar-refractivity contribution in [3.8, 4) is 0 Å². The molecule has 26 heavy (non-hydrogen) atoms. The Morgan fingerprint density at radius 2 is 1.85 bits per heavy atom. The highest BCUT2D eigenvalue weighted by atomic mass is 16.2. The third-order valence-electron chi connectivity index (χ3n) is 5.26. The molecule has 1 saturated carbocycles. The van der Waals surface area contributed by atoms with Gasteiger partial charge in [0.2, 0.25) is 5.91 Å². The highest BCUT2D eigenvalue weighted by molar-refractivity contribution is 5.81. The van der Waals surface area contributed by atoms with Gasteiger partial charge in [-0.25, -0.2) is 4.98 Å². The maximum absolute atomic E-state index is 12.1. The maximum Gasteiger partial charge on any atom is 0.223 e. The van der Waals surface area contributed by atoms with E-state index in [1.807, 2.05) is 18.2 Å². The van der Waals surface area contributed by atoms with Gasteiger partial charge in [0.15, 0.2) is 0 Å². The predicted octanol–water partition coefficient (Wildman–Crippen LogP) is 4.04. The number of fused-ring (bicyclic) bond motifs is 1. The molecule has 1 aliphatic rings. The largest absolute Gasteiger partial charge is 0.349 e. The first-order valence-corrected chi connectivity index (χ1v) is 9.31. The van der Waals surface area contributed by atoms with Gasteiger partial charge in [0.1, 0.15) is 5.82 Å². The molecule has 1 aliphatic carbocycles. The Balaban J connectivity index is 1.70. The first-order valence-electron chi connectivity index (χ1n) is 9.31. The zero-order valence-electron chi connectivity index (χ0n) is 15.7. The van der Waals surface area contributed by atoms with Gasteiger partial charge in [-0.1, -0.05) is 29.8 Å². The molecule has 1 heterocycles. The van der Waals surface area contributed by atoms with Crippen LogP contribution in [0.2, 0.25) is 0 Å². The number of hydrogen-bond donors (Lipinski definition) is 1. The van der Waals surface area contributed by atoms with Crippen LogP contribution in [0.5, 0.6) is 0 Å². The SMILES string of the molecule is Cc1cc(C)c(Cn2c(CNC(=O)C3CC3)nc3ccccc32)c(C)c1. The number of rotatable bonds is 5. The quantitative estimate of drug-likeness (QED) is 0.757. The summed E-state index contributed by atoms with van der Waals surface area (Å²) >= 11 is 0. The standard InChI is InChI=1S/C22H25N3O/c1-14-10-15(2)18(16(3)11-14)13-25-20-7-5-4-6-19(20)24-21(25)12-23-22(26)17-8-9-17/h4-7,10-11,17H,8-9,12-13H2,1-3H3,(H,23,26). The first kappa shape index (κ1) is 16.8. The zero-order chi connectivity index (χ0) is 18.3. The van der Waals surface area contributed by atoms with Crippen LogP contribution < -0.4 is 5.32 Å². The van der Waals surface area contributed by atoms with Crippen LogP contribution in [0.15, 0.2) is 36.4 Å². The molecule has 0 bridgehead atoms. The molecule has 4 rings (SSSR count). The van der Waals surface area contributed by atoms with Crippen molar-refractivity contribution in [1.29, 1.82) is 0 Å². The molecule has 1 N–H and O–H groups in total. The summed E-state index contributed by atoms with van der Waals surface area (Å²) in [5, 5.41) is 3.06. The predicted molar refractivity (Wildman–Crippen MR) is 104 cm³/mol. The second kappa shape index (κ2) is 6.60. The molecule has 0 spiro atoms. The minimum absolute atomic E-state index is 0.159. The van der Waals surface area contributed by atoms with Crippen molar-refractivity contribution in [1.82, 2.24) is 14.9 Å². The van der Waals surface area contributed by atoms with E-state index in [1.54, 1.807) is 0 Å². The van der Waals surface area contributed by atoms with E-state index in [1.165, 1.54) is 22.3 Å². The van der Waals surface area contributed by atoms with Crippen molar-refractivity contribution in [2.75, 3.05) is 0 Å². The topological polar surface area (TPSA) is 46.9 Å². The zero-order valence-corrected chi connectivity index (χ0v) is 15.7. The molecule has 0 aliphatic heterocycles. The van der Waals surface area contributed by atoms with Crippen molar-refractivity contribution in [2.24, 2.45) is 5.92 Å². The number of carbonyl (C=O) groups is 1. The molecule has 0 unspecified atom stereocenters. The monoisotopic (exact) mass is 347 g/mol. The fraction of sp³-hybridized carbons (Fsp3) is 0.364. The third-order valence-corrected chi connectivity index (χ3v) is 5.26. The number of nitrogens with zero attached hydrogens (tertiary/aromatic N) is 2. The van der Waals surface area contributed by atoms with E-state index < -0.39 is 0 Å². The molecular formula is C22H25N3O. The summed E-state index contributed by atoms with van der Waals surface area (Å²) in [7, 11) is 0. The van der Waals surface area contributed by atoms with Gasteiger partial charge in [-0.3, -0.25) is 4.79 Å². The molecule has 1 aromatic heterocycles. The average molecular weight is 347 g/mol. The van der Waals surface area contributed by atoms with E-state index in [9.17, 15) is 4.79 Å². The Hall–Kier alpha value is -2.62. The third kappa shape index (κ3) is 3.24. The smallest absolute Gasteiger partial charge is 0.223 e. The highest BCUT2D eigenvalue weighted by Crippen LogP contribution is 2.29. The van der Waals surface area contributed by atoms with Crippen LogP contribution in [0.1, 0.15) is 40.9 Å². The summed E-state index contributed by atoms with van der Waals surface area (Å²) in [6.07, 6.45) is 2.04. The van der Waals surface area contributed by atoms with Gasteiger partial charge in [-0.15, -0.1) is 0 Å². The number of para-hydroxylation sites is 2. The lowest BCUT2D eigenvalue weighted by molar-refractivity contribution is -0.122. The first-order chi connectivity index (χ1) is 12.5. The summed E-state index contributed by atoms with van der Waals surface area (Å²) in [5.74, 6) is 1.29. The van der Waals surface area contributed by atoms with E-state index in [0.29, 0.717) is 6.54 Å². The summed E-state index contributed by atoms with van der Waals surface area (Å²) in [6.45, 7) is 7.72. The molecule has 1 fully saturated rings. The Kier molecular flexibility index (Phi) is 4.27. The molecule has 134 valence electrons. The summed E-state index contributed by atoms with van der Waals surface area (Å²) in [5.41, 5.74) is 7.30. The van der Waals surface area contributed by atoms with E-state index in [-0.39, 0.29) is 11.8 Å². The molecular weight excluding hydrogens is 322 g/mol. The number of benzene rings is 2. The van der Waals surface area contributed by atoms with Crippen molar-refractivity contribution in [3.05, 3.63) is 64.5 Å². The number of imidazole rings is 1. The van der Waals surface area contributed by atoms with Gasteiger partial charge in [0, 0.05) is 12.5 Å². The lowest BCUT2D eigenvalue weighted by atomic mass is 9.99. The van der Waals surface area contributed by atoms with E-state index in [2.05, 4.69) is 48.9 Å². The van der Waals surface area contributed by atoms with E-state index in [4.69, 9.17) is 4.98 Å². The summed E-state index contributed by atoms with van der Waals surface area (Å²) in [6, 6.07) is 12.7. The number of carbonyl (C=O) groups excluding carboxylic acids is 1. The minimum Gasteiger partial charge on any atom is -0.349 e. The normalized spacial score (nSPS) is 14.0. The average Bonchev–Trinajstić information content (AvgIpc) is 3.39. The molecule has 0 saturated heterocycles. The van der Waals surface area contributed by atoms with Crippen LogP contribution >= 0.6 is 0 Å². The van der Waals surface area contributed by atoms with Gasteiger partial charge >= 0.3 is 0 Å². The summed E-state index contributed by atoms with van der Waals surface area (Å²) in [4.78, 5) is 16.8. The molecule has 2 aromatic carbocycles. The number of aromatic nitrogens is 2. The van der Waals surface area contributed by atoms with Crippen LogP contribution in [-0.2, 0) is 17.9 Å². The van der Waals surface area contributed by atoms with Crippen LogP contribution in [0.4, 0.5) is 0 Å². The number of nitrogens with one attached hydrogen (secondary N) is 1. The number of amides is 1. The minimum atomic E-state index is 0.159. The van der Waals surface area contributed by atoms with Gasteiger partial charge in [0.25, 0.3) is 0 Å². The van der Waals surface area contributed by atoms with E-state index in [0.717, 1.165) is 36.2 Å². The summed E-state index contributed by atoms with van der Waals surface area (Å²) < 4.78 is 2.24. The van der Waals surface area contributed by atoms with Crippen molar-refractivity contribution < 1.29 is 4.79 Å². The van der Waals surface area contributed by atoms with Gasteiger partial charge in [-0.2, -0.15) is 0 Å². The second-order valence-corrected chi connectivity index (χ2v) is 7.47. The molecule has 1 amide bonds. The lowest BCUT2D eigenvalue weighted by Gasteiger charge is -2.15. The molecule has 0 atom stereocenters. The molecule has 4 heteroatoms. The Morgan fingerprint density at radius 3 is 2.54 bits per heavy atom. The highest BCUT2D eigenvalue weighted by Gasteiger charge is 2.29. The molecule has 4 nitrogen and oxygen atoms in total.